The van der Waals surface area contributed by atoms with Crippen LogP contribution < -0.4 is 9.47 Å². The summed E-state index contributed by atoms with van der Waals surface area (Å²) in [6.07, 6.45) is 5.39. The van der Waals surface area contributed by atoms with Gasteiger partial charge in [0, 0.05) is 32.2 Å². The maximum atomic E-state index is 12.4. The van der Waals surface area contributed by atoms with Gasteiger partial charge in [0.25, 0.3) is 5.91 Å². The second-order valence-corrected chi connectivity index (χ2v) is 7.21. The summed E-state index contributed by atoms with van der Waals surface area (Å²) in [5, 5.41) is 0. The van der Waals surface area contributed by atoms with Crippen LogP contribution in [0.3, 0.4) is 0 Å². The van der Waals surface area contributed by atoms with Crippen LogP contribution >= 0.6 is 0 Å². The summed E-state index contributed by atoms with van der Waals surface area (Å²) in [6, 6.07) is 8.04. The molecule has 0 radical (unpaired) electrons. The maximum absolute atomic E-state index is 12.4. The molecule has 138 valence electrons. The highest BCUT2D eigenvalue weighted by Crippen LogP contribution is 2.28. The van der Waals surface area contributed by atoms with Gasteiger partial charge in [0.2, 0.25) is 0 Å². The largest absolute Gasteiger partial charge is 0.497 e. The Hall–Kier alpha value is -1.75. The lowest BCUT2D eigenvalue weighted by molar-refractivity contribution is -0.135. The Morgan fingerprint density at radius 1 is 1.04 bits per heavy atom. The van der Waals surface area contributed by atoms with E-state index >= 15 is 0 Å². The van der Waals surface area contributed by atoms with Gasteiger partial charge < -0.3 is 14.4 Å². The van der Waals surface area contributed by atoms with Crippen molar-refractivity contribution in [3.63, 3.8) is 0 Å². The van der Waals surface area contributed by atoms with Gasteiger partial charge in [0.05, 0.1) is 7.11 Å². The molecule has 2 unspecified atom stereocenters. The summed E-state index contributed by atoms with van der Waals surface area (Å²) in [7, 11) is 1.63. The van der Waals surface area contributed by atoms with E-state index in [0.717, 1.165) is 37.8 Å². The fourth-order valence-electron chi connectivity index (χ4n) is 4.05. The number of amides is 1. The van der Waals surface area contributed by atoms with Crippen LogP contribution in [-0.4, -0.2) is 61.6 Å². The number of methoxy groups -OCH3 is 1. The predicted molar refractivity (Wildman–Crippen MR) is 98.1 cm³/mol. The zero-order chi connectivity index (χ0) is 17.6. The van der Waals surface area contributed by atoms with Gasteiger partial charge in [0.15, 0.2) is 6.61 Å². The molecule has 1 aromatic rings. The van der Waals surface area contributed by atoms with E-state index in [0.29, 0.717) is 11.8 Å². The van der Waals surface area contributed by atoms with Gasteiger partial charge in [-0.25, -0.2) is 0 Å². The molecule has 1 heterocycles. The average molecular weight is 346 g/mol. The number of ether oxygens (including phenoxy) is 2. The molecule has 2 fully saturated rings. The molecule has 0 spiro atoms. The van der Waals surface area contributed by atoms with Gasteiger partial charge in [-0.1, -0.05) is 19.8 Å². The van der Waals surface area contributed by atoms with Crippen molar-refractivity contribution in [2.24, 2.45) is 5.92 Å². The molecule has 2 aliphatic rings. The number of benzene rings is 1. The zero-order valence-electron chi connectivity index (χ0n) is 15.4. The van der Waals surface area contributed by atoms with E-state index in [1.54, 1.807) is 7.11 Å². The Morgan fingerprint density at radius 2 is 1.68 bits per heavy atom. The van der Waals surface area contributed by atoms with E-state index in [1.807, 2.05) is 29.2 Å². The van der Waals surface area contributed by atoms with E-state index in [9.17, 15) is 4.79 Å². The molecule has 1 aliphatic heterocycles. The number of hydrogen-bond acceptors (Lipinski definition) is 4. The molecule has 1 saturated carbocycles. The van der Waals surface area contributed by atoms with Crippen LogP contribution in [-0.2, 0) is 4.79 Å². The Morgan fingerprint density at radius 3 is 2.32 bits per heavy atom. The van der Waals surface area contributed by atoms with Gasteiger partial charge in [-0.2, -0.15) is 0 Å². The van der Waals surface area contributed by atoms with Crippen molar-refractivity contribution in [1.29, 1.82) is 0 Å². The maximum Gasteiger partial charge on any atom is 0.260 e. The topological polar surface area (TPSA) is 42.0 Å². The molecule has 1 amide bonds. The van der Waals surface area contributed by atoms with Gasteiger partial charge >= 0.3 is 0 Å². The molecular weight excluding hydrogens is 316 g/mol. The third kappa shape index (κ3) is 4.66. The molecule has 1 aliphatic carbocycles. The van der Waals surface area contributed by atoms with Crippen LogP contribution in [0, 0.1) is 5.92 Å². The average Bonchev–Trinajstić information content (AvgIpc) is 2.67. The van der Waals surface area contributed by atoms with Gasteiger partial charge in [-0.3, -0.25) is 9.69 Å². The van der Waals surface area contributed by atoms with Crippen LogP contribution in [0.15, 0.2) is 24.3 Å². The first kappa shape index (κ1) is 18.1. The summed E-state index contributed by atoms with van der Waals surface area (Å²) in [5.41, 5.74) is 0. The number of carbonyl (C=O) groups is 1. The van der Waals surface area contributed by atoms with Gasteiger partial charge in [0.1, 0.15) is 11.5 Å². The molecule has 0 bridgehead atoms. The summed E-state index contributed by atoms with van der Waals surface area (Å²) in [5.74, 6) is 2.34. The zero-order valence-corrected chi connectivity index (χ0v) is 15.4. The minimum Gasteiger partial charge on any atom is -0.497 e. The minimum absolute atomic E-state index is 0.0761. The van der Waals surface area contributed by atoms with Crippen LogP contribution in [0.1, 0.15) is 32.6 Å². The van der Waals surface area contributed by atoms with Crippen LogP contribution in [0.2, 0.25) is 0 Å². The van der Waals surface area contributed by atoms with E-state index in [-0.39, 0.29) is 12.5 Å². The van der Waals surface area contributed by atoms with Crippen molar-refractivity contribution in [2.75, 3.05) is 39.9 Å². The lowest BCUT2D eigenvalue weighted by atomic mass is 9.84. The van der Waals surface area contributed by atoms with Crippen LogP contribution in [0.4, 0.5) is 0 Å². The molecule has 1 aromatic carbocycles. The molecular formula is C20H30N2O3. The first-order chi connectivity index (χ1) is 12.2. The van der Waals surface area contributed by atoms with E-state index in [4.69, 9.17) is 9.47 Å². The Kier molecular flexibility index (Phi) is 6.19. The SMILES string of the molecule is COc1ccc(OCC(=O)N2CCN(C3CCCCC3C)CC2)cc1. The number of piperazine rings is 1. The van der Waals surface area contributed by atoms with Crippen molar-refractivity contribution < 1.29 is 14.3 Å². The van der Waals surface area contributed by atoms with E-state index in [1.165, 1.54) is 25.7 Å². The second kappa shape index (κ2) is 8.56. The van der Waals surface area contributed by atoms with Gasteiger partial charge in [-0.05, 0) is 43.0 Å². The van der Waals surface area contributed by atoms with Crippen molar-refractivity contribution in [1.82, 2.24) is 9.80 Å². The first-order valence-corrected chi connectivity index (χ1v) is 9.46. The summed E-state index contributed by atoms with van der Waals surface area (Å²) in [4.78, 5) is 16.9. The lowest BCUT2D eigenvalue weighted by Crippen LogP contribution is -2.54. The fourth-order valence-corrected chi connectivity index (χ4v) is 4.05. The number of rotatable bonds is 5. The molecule has 5 nitrogen and oxygen atoms in total. The fraction of sp³-hybridized carbons (Fsp3) is 0.650. The highest BCUT2D eigenvalue weighted by molar-refractivity contribution is 5.77. The molecule has 3 rings (SSSR count). The summed E-state index contributed by atoms with van der Waals surface area (Å²) in [6.45, 7) is 6.09. The molecule has 2 atom stereocenters. The third-order valence-electron chi connectivity index (χ3n) is 5.62. The standard InChI is InChI=1S/C20H30N2O3/c1-16-5-3-4-6-19(16)21-11-13-22(14-12-21)20(23)15-25-18-9-7-17(24-2)8-10-18/h7-10,16,19H,3-6,11-15H2,1-2H3. The minimum atomic E-state index is 0.0761. The van der Waals surface area contributed by atoms with Crippen LogP contribution in [0.5, 0.6) is 11.5 Å². The quantitative estimate of drug-likeness (QED) is 0.822. The normalized spacial score (nSPS) is 24.8. The van der Waals surface area contributed by atoms with E-state index in [2.05, 4.69) is 11.8 Å². The summed E-state index contributed by atoms with van der Waals surface area (Å²) < 4.78 is 10.7. The molecule has 5 heteroatoms. The summed E-state index contributed by atoms with van der Waals surface area (Å²) >= 11 is 0. The molecule has 0 aromatic heterocycles. The molecule has 25 heavy (non-hydrogen) atoms. The second-order valence-electron chi connectivity index (χ2n) is 7.21. The first-order valence-electron chi connectivity index (χ1n) is 9.46. The van der Waals surface area contributed by atoms with Crippen molar-refractivity contribution in [3.8, 4) is 11.5 Å². The highest BCUT2D eigenvalue weighted by atomic mass is 16.5. The number of hydrogen-bond donors (Lipinski definition) is 0. The Bertz CT molecular complexity index is 553. The third-order valence-corrected chi connectivity index (χ3v) is 5.62. The Balaban J connectivity index is 1.43. The monoisotopic (exact) mass is 346 g/mol. The Labute approximate surface area is 150 Å². The van der Waals surface area contributed by atoms with Gasteiger partial charge in [-0.15, -0.1) is 0 Å². The van der Waals surface area contributed by atoms with Crippen molar-refractivity contribution in [3.05, 3.63) is 24.3 Å². The predicted octanol–water partition coefficient (Wildman–Crippen LogP) is 2.80. The highest BCUT2D eigenvalue weighted by Gasteiger charge is 2.30. The van der Waals surface area contributed by atoms with Crippen molar-refractivity contribution >= 4 is 5.91 Å². The molecule has 0 N–H and O–H groups in total. The lowest BCUT2D eigenvalue weighted by Gasteiger charge is -2.43. The smallest absolute Gasteiger partial charge is 0.260 e. The number of carbonyl (C=O) groups excluding carboxylic acids is 1. The van der Waals surface area contributed by atoms with Crippen molar-refractivity contribution in [2.45, 2.75) is 38.6 Å². The molecule has 1 saturated heterocycles. The van der Waals surface area contributed by atoms with E-state index < -0.39 is 0 Å². The number of nitrogens with zero attached hydrogens (tertiary/aromatic N) is 2. The van der Waals surface area contributed by atoms with Crippen LogP contribution in [0.25, 0.3) is 0 Å².